The molecule has 52 valence electrons. The summed E-state index contributed by atoms with van der Waals surface area (Å²) >= 11 is 0. The molecule has 0 radical (unpaired) electrons. The van der Waals surface area contributed by atoms with Crippen molar-refractivity contribution in [1.29, 1.82) is 0 Å². The van der Waals surface area contributed by atoms with Crippen molar-refractivity contribution < 1.29 is 9.90 Å². The number of urea groups is 1. The van der Waals surface area contributed by atoms with Crippen molar-refractivity contribution in [1.82, 2.24) is 10.2 Å². The molecule has 0 spiro atoms. The van der Waals surface area contributed by atoms with Crippen LogP contribution in [0.3, 0.4) is 0 Å². The molecule has 0 aromatic heterocycles. The number of hydrogen-bond acceptors (Lipinski definition) is 2. The van der Waals surface area contributed by atoms with Crippen molar-refractivity contribution in [3.8, 4) is 0 Å². The first-order valence-corrected chi connectivity index (χ1v) is 2.86. The van der Waals surface area contributed by atoms with Crippen LogP contribution in [-0.2, 0) is 0 Å². The van der Waals surface area contributed by atoms with Gasteiger partial charge < -0.3 is 15.3 Å². The number of carbonyl (C=O) groups excluding carboxylic acids is 1. The third kappa shape index (κ3) is 1.13. The molecule has 1 aliphatic heterocycles. The van der Waals surface area contributed by atoms with E-state index in [0.717, 1.165) is 0 Å². The second-order valence-electron chi connectivity index (χ2n) is 2.21. The molecular formula is C5H10N2O2. The third-order valence-electron chi connectivity index (χ3n) is 1.39. The van der Waals surface area contributed by atoms with E-state index in [2.05, 4.69) is 5.32 Å². The summed E-state index contributed by atoms with van der Waals surface area (Å²) in [6.07, 6.45) is 0. The molecule has 1 fully saturated rings. The van der Waals surface area contributed by atoms with E-state index in [9.17, 15) is 4.79 Å². The monoisotopic (exact) mass is 130 g/mol. The Labute approximate surface area is 53.5 Å². The number of rotatable bonds is 1. The molecule has 0 aliphatic carbocycles. The van der Waals surface area contributed by atoms with Gasteiger partial charge in [-0.1, -0.05) is 0 Å². The number of nitrogens with one attached hydrogen (secondary N) is 1. The molecular weight excluding hydrogens is 120 g/mol. The van der Waals surface area contributed by atoms with Gasteiger partial charge in [0.15, 0.2) is 0 Å². The van der Waals surface area contributed by atoms with Gasteiger partial charge in [-0.15, -0.1) is 0 Å². The molecule has 1 atom stereocenters. The van der Waals surface area contributed by atoms with Gasteiger partial charge in [0.1, 0.15) is 0 Å². The third-order valence-corrected chi connectivity index (χ3v) is 1.39. The molecule has 1 heterocycles. The molecule has 1 rings (SSSR count). The van der Waals surface area contributed by atoms with Gasteiger partial charge in [-0.2, -0.15) is 0 Å². The summed E-state index contributed by atoms with van der Waals surface area (Å²) in [5.41, 5.74) is 0. The van der Waals surface area contributed by atoms with E-state index in [1.165, 1.54) is 0 Å². The highest BCUT2D eigenvalue weighted by Gasteiger charge is 2.23. The van der Waals surface area contributed by atoms with E-state index in [1.54, 1.807) is 11.9 Å². The molecule has 0 saturated carbocycles. The number of hydrogen-bond donors (Lipinski definition) is 2. The Kier molecular flexibility index (Phi) is 1.57. The predicted octanol–water partition coefficient (Wildman–Crippen LogP) is -0.998. The predicted molar refractivity (Wildman–Crippen MR) is 32.0 cm³/mol. The molecule has 4 heteroatoms. The Morgan fingerprint density at radius 1 is 2.00 bits per heavy atom. The number of carbonyl (C=O) groups is 1. The second-order valence-corrected chi connectivity index (χ2v) is 2.21. The molecule has 0 aromatic carbocycles. The standard InChI is InChI=1S/C5H10N2O2/c1-7-2-4(3-8)6-5(7)9/h4,8H,2-3H2,1H3,(H,6,9)/t4-/m0/s1. The van der Waals surface area contributed by atoms with Gasteiger partial charge in [0.05, 0.1) is 12.6 Å². The maximum Gasteiger partial charge on any atom is 0.317 e. The summed E-state index contributed by atoms with van der Waals surface area (Å²) in [6, 6.07) is -0.170. The Morgan fingerprint density at radius 3 is 2.89 bits per heavy atom. The van der Waals surface area contributed by atoms with Crippen LogP contribution in [0.25, 0.3) is 0 Å². The molecule has 1 saturated heterocycles. The van der Waals surface area contributed by atoms with E-state index < -0.39 is 0 Å². The highest BCUT2D eigenvalue weighted by atomic mass is 16.3. The summed E-state index contributed by atoms with van der Waals surface area (Å²) in [7, 11) is 1.70. The van der Waals surface area contributed by atoms with Gasteiger partial charge in [-0.25, -0.2) is 4.79 Å². The van der Waals surface area contributed by atoms with E-state index in [-0.39, 0.29) is 18.7 Å². The first-order valence-electron chi connectivity index (χ1n) is 2.86. The van der Waals surface area contributed by atoms with E-state index in [4.69, 9.17) is 5.11 Å². The van der Waals surface area contributed by atoms with Crippen molar-refractivity contribution in [3.63, 3.8) is 0 Å². The van der Waals surface area contributed by atoms with Gasteiger partial charge in [-0.05, 0) is 0 Å². The fourth-order valence-corrected chi connectivity index (χ4v) is 0.847. The molecule has 4 nitrogen and oxygen atoms in total. The SMILES string of the molecule is CN1C[C@@H](CO)NC1=O. The lowest BCUT2D eigenvalue weighted by Gasteiger charge is -2.03. The van der Waals surface area contributed by atoms with Crippen molar-refractivity contribution in [2.24, 2.45) is 0 Å². The minimum Gasteiger partial charge on any atom is -0.394 e. The van der Waals surface area contributed by atoms with E-state index in [1.807, 2.05) is 0 Å². The molecule has 0 unspecified atom stereocenters. The summed E-state index contributed by atoms with van der Waals surface area (Å²) in [6.45, 7) is 0.630. The minimum atomic E-state index is -0.103. The summed E-state index contributed by atoms with van der Waals surface area (Å²) < 4.78 is 0. The van der Waals surface area contributed by atoms with Crippen LogP contribution in [0.2, 0.25) is 0 Å². The summed E-state index contributed by atoms with van der Waals surface area (Å²) in [4.78, 5) is 12.2. The largest absolute Gasteiger partial charge is 0.394 e. The van der Waals surface area contributed by atoms with Crippen LogP contribution < -0.4 is 5.32 Å². The number of amides is 2. The molecule has 1 aliphatic rings. The zero-order chi connectivity index (χ0) is 6.85. The molecule has 2 amide bonds. The molecule has 9 heavy (non-hydrogen) atoms. The number of aliphatic hydroxyl groups excluding tert-OH is 1. The smallest absolute Gasteiger partial charge is 0.317 e. The van der Waals surface area contributed by atoms with Crippen LogP contribution in [-0.4, -0.2) is 42.3 Å². The fourth-order valence-electron chi connectivity index (χ4n) is 0.847. The van der Waals surface area contributed by atoms with Gasteiger partial charge >= 0.3 is 6.03 Å². The normalized spacial score (nSPS) is 26.7. The topological polar surface area (TPSA) is 52.6 Å². The van der Waals surface area contributed by atoms with Gasteiger partial charge in [-0.3, -0.25) is 0 Å². The molecule has 0 bridgehead atoms. The lowest BCUT2D eigenvalue weighted by atomic mass is 10.3. The first-order chi connectivity index (χ1) is 4.24. The summed E-state index contributed by atoms with van der Waals surface area (Å²) in [5.74, 6) is 0. The Morgan fingerprint density at radius 2 is 2.67 bits per heavy atom. The number of likely N-dealkylation sites (N-methyl/N-ethyl adjacent to an activating group) is 1. The maximum absolute atomic E-state index is 10.6. The van der Waals surface area contributed by atoms with Crippen LogP contribution in [0, 0.1) is 0 Å². The summed E-state index contributed by atoms with van der Waals surface area (Å²) in [5, 5.41) is 11.2. The van der Waals surface area contributed by atoms with Crippen LogP contribution >= 0.6 is 0 Å². The highest BCUT2D eigenvalue weighted by Crippen LogP contribution is 1.98. The van der Waals surface area contributed by atoms with E-state index >= 15 is 0 Å². The first kappa shape index (κ1) is 6.35. The Hall–Kier alpha value is -0.770. The van der Waals surface area contributed by atoms with Crippen LogP contribution in [0.4, 0.5) is 4.79 Å². The lowest BCUT2D eigenvalue weighted by Crippen LogP contribution is -2.29. The van der Waals surface area contributed by atoms with Crippen molar-refractivity contribution >= 4 is 6.03 Å². The lowest BCUT2D eigenvalue weighted by molar-refractivity contribution is 0.225. The van der Waals surface area contributed by atoms with Crippen LogP contribution in [0.1, 0.15) is 0 Å². The van der Waals surface area contributed by atoms with Gasteiger partial charge in [0, 0.05) is 13.6 Å². The zero-order valence-electron chi connectivity index (χ0n) is 5.29. The minimum absolute atomic E-state index is 0.0239. The molecule has 2 N–H and O–H groups in total. The van der Waals surface area contributed by atoms with Gasteiger partial charge in [0.2, 0.25) is 0 Å². The Bertz CT molecular complexity index is 126. The highest BCUT2D eigenvalue weighted by molar-refractivity contribution is 5.76. The zero-order valence-corrected chi connectivity index (χ0v) is 5.29. The van der Waals surface area contributed by atoms with Crippen LogP contribution in [0.15, 0.2) is 0 Å². The number of nitrogens with zero attached hydrogens (tertiary/aromatic N) is 1. The van der Waals surface area contributed by atoms with Crippen molar-refractivity contribution in [3.05, 3.63) is 0 Å². The van der Waals surface area contributed by atoms with Crippen molar-refractivity contribution in [2.45, 2.75) is 6.04 Å². The van der Waals surface area contributed by atoms with Gasteiger partial charge in [0.25, 0.3) is 0 Å². The average Bonchev–Trinajstić information content (AvgIpc) is 2.13. The fraction of sp³-hybridized carbons (Fsp3) is 0.800. The maximum atomic E-state index is 10.6. The Balaban J connectivity index is 2.44. The quantitative estimate of drug-likeness (QED) is 0.478. The average molecular weight is 130 g/mol. The van der Waals surface area contributed by atoms with Crippen LogP contribution in [0.5, 0.6) is 0 Å². The van der Waals surface area contributed by atoms with Crippen molar-refractivity contribution in [2.75, 3.05) is 20.2 Å². The van der Waals surface area contributed by atoms with E-state index in [0.29, 0.717) is 6.54 Å². The second kappa shape index (κ2) is 2.23. The number of aliphatic hydroxyl groups is 1. The molecule has 0 aromatic rings.